The van der Waals surface area contributed by atoms with E-state index in [1.165, 1.54) is 173 Å². The van der Waals surface area contributed by atoms with Gasteiger partial charge in [-0.15, -0.1) is 0 Å². The maximum atomic E-state index is 13.9. The molecule has 1 aliphatic rings. The van der Waals surface area contributed by atoms with Gasteiger partial charge in [0.1, 0.15) is 6.04 Å². The lowest BCUT2D eigenvalue weighted by molar-refractivity contribution is -0.259. The maximum absolute atomic E-state index is 13.9. The summed E-state index contributed by atoms with van der Waals surface area (Å²) in [6, 6.07) is -0.425. The van der Waals surface area contributed by atoms with Gasteiger partial charge in [0.15, 0.2) is 0 Å². The zero-order chi connectivity index (χ0) is 53.8. The molecule has 0 spiro atoms. The van der Waals surface area contributed by atoms with Crippen LogP contribution in [0.1, 0.15) is 349 Å². The van der Waals surface area contributed by atoms with Gasteiger partial charge in [-0.25, -0.2) is 0 Å². The molecule has 0 saturated carbocycles. The Labute approximate surface area is 459 Å². The first kappa shape index (κ1) is 70.3. The summed E-state index contributed by atoms with van der Waals surface area (Å²) in [6.07, 6.45) is 53.2. The standard InChI is InChI=1S/C65H125NO8/c1-6-11-16-21-26-27-28-35-45-56-71-62(68)49-41-37-44-54-66-55-51-59(67)58-61(66)64(70)72-57-46-36-29-32-40-50-63(69)74-65(52-42-33-24-19-14-9-4,53-43-34-25-20-15-10-5)73-60(47-38-30-22-17-12-7-2)48-39-31-23-18-13-8-3/h59-61,67H,6-58H2,1-5H3/t59-,61-/m0/s1. The molecule has 2 atom stereocenters. The van der Waals surface area contributed by atoms with Crippen LogP contribution in [0, 0.1) is 0 Å². The van der Waals surface area contributed by atoms with E-state index in [2.05, 4.69) is 39.5 Å². The number of esters is 3. The van der Waals surface area contributed by atoms with E-state index in [9.17, 15) is 19.5 Å². The molecule has 9 heteroatoms. The zero-order valence-electron chi connectivity index (χ0n) is 50.0. The fraction of sp³-hybridized carbons (Fsp3) is 0.954. The van der Waals surface area contributed by atoms with Crippen molar-refractivity contribution in [1.29, 1.82) is 0 Å². The second kappa shape index (κ2) is 52.0. The molecule has 9 nitrogen and oxygen atoms in total. The van der Waals surface area contributed by atoms with Crippen LogP contribution in [0.2, 0.25) is 0 Å². The van der Waals surface area contributed by atoms with Crippen molar-refractivity contribution in [1.82, 2.24) is 4.90 Å². The minimum Gasteiger partial charge on any atom is -0.466 e. The van der Waals surface area contributed by atoms with Crippen molar-refractivity contribution in [2.75, 3.05) is 26.3 Å². The van der Waals surface area contributed by atoms with E-state index in [-0.39, 0.29) is 24.0 Å². The first-order valence-corrected chi connectivity index (χ1v) is 32.9. The predicted octanol–water partition coefficient (Wildman–Crippen LogP) is 19.0. The molecule has 74 heavy (non-hydrogen) atoms. The highest BCUT2D eigenvalue weighted by Crippen LogP contribution is 2.34. The van der Waals surface area contributed by atoms with Crippen molar-refractivity contribution in [3.8, 4) is 0 Å². The quantitative estimate of drug-likeness (QED) is 0.0275. The van der Waals surface area contributed by atoms with E-state index in [0.717, 1.165) is 122 Å². The summed E-state index contributed by atoms with van der Waals surface area (Å²) in [5, 5.41) is 10.5. The smallest absolute Gasteiger partial charge is 0.323 e. The summed E-state index contributed by atoms with van der Waals surface area (Å²) in [5.41, 5.74) is 0. The van der Waals surface area contributed by atoms with Gasteiger partial charge in [0.2, 0.25) is 5.79 Å². The van der Waals surface area contributed by atoms with Gasteiger partial charge in [-0.05, 0) is 77.2 Å². The molecule has 0 aliphatic carbocycles. The molecule has 0 aromatic heterocycles. The normalized spacial score (nSPS) is 15.3. The minimum atomic E-state index is -0.836. The Morgan fingerprint density at radius 3 is 1.31 bits per heavy atom. The monoisotopic (exact) mass is 1050 g/mol. The van der Waals surface area contributed by atoms with Crippen molar-refractivity contribution in [2.45, 2.75) is 373 Å². The van der Waals surface area contributed by atoms with Gasteiger partial charge >= 0.3 is 17.9 Å². The van der Waals surface area contributed by atoms with Crippen LogP contribution in [0.5, 0.6) is 0 Å². The topological polar surface area (TPSA) is 112 Å². The lowest BCUT2D eigenvalue weighted by Gasteiger charge is -2.37. The van der Waals surface area contributed by atoms with Gasteiger partial charge in [-0.3, -0.25) is 19.3 Å². The van der Waals surface area contributed by atoms with Crippen LogP contribution in [0.3, 0.4) is 0 Å². The van der Waals surface area contributed by atoms with E-state index >= 15 is 0 Å². The molecule has 0 aromatic carbocycles. The third kappa shape index (κ3) is 41.4. The molecule has 0 aromatic rings. The van der Waals surface area contributed by atoms with Gasteiger partial charge in [-0.2, -0.15) is 0 Å². The second-order valence-electron chi connectivity index (χ2n) is 23.0. The van der Waals surface area contributed by atoms with Gasteiger partial charge < -0.3 is 24.1 Å². The Balaban J connectivity index is 2.68. The molecule has 1 fully saturated rings. The van der Waals surface area contributed by atoms with E-state index in [0.29, 0.717) is 45.4 Å². The molecule has 0 bridgehead atoms. The summed E-state index contributed by atoms with van der Waals surface area (Å²) in [4.78, 5) is 41.7. The molecule has 1 aliphatic heterocycles. The number of hydrogen-bond acceptors (Lipinski definition) is 9. The Kier molecular flexibility index (Phi) is 49.4. The first-order valence-electron chi connectivity index (χ1n) is 32.9. The molecule has 0 amide bonds. The van der Waals surface area contributed by atoms with Crippen molar-refractivity contribution >= 4 is 17.9 Å². The van der Waals surface area contributed by atoms with Gasteiger partial charge in [0, 0.05) is 32.2 Å². The van der Waals surface area contributed by atoms with Crippen LogP contribution < -0.4 is 0 Å². The van der Waals surface area contributed by atoms with Crippen molar-refractivity contribution in [2.24, 2.45) is 0 Å². The van der Waals surface area contributed by atoms with Gasteiger partial charge in [0.05, 0.1) is 25.4 Å². The number of hydrogen-bond donors (Lipinski definition) is 1. The molecule has 438 valence electrons. The summed E-state index contributed by atoms with van der Waals surface area (Å²) in [7, 11) is 0. The number of likely N-dealkylation sites (tertiary alicyclic amines) is 1. The number of nitrogens with zero attached hydrogens (tertiary/aromatic N) is 1. The van der Waals surface area contributed by atoms with Crippen LogP contribution in [0.15, 0.2) is 0 Å². The highest BCUT2D eigenvalue weighted by molar-refractivity contribution is 5.76. The van der Waals surface area contributed by atoms with Crippen LogP contribution in [-0.2, 0) is 33.3 Å². The second-order valence-corrected chi connectivity index (χ2v) is 23.0. The van der Waals surface area contributed by atoms with Crippen LogP contribution in [0.25, 0.3) is 0 Å². The number of piperidine rings is 1. The largest absolute Gasteiger partial charge is 0.466 e. The van der Waals surface area contributed by atoms with Crippen molar-refractivity contribution in [3.63, 3.8) is 0 Å². The average Bonchev–Trinajstić information content (AvgIpc) is 3.39. The highest BCUT2D eigenvalue weighted by Gasteiger charge is 2.37. The number of aliphatic hydroxyl groups is 1. The molecular weight excluding hydrogens is 923 g/mol. The number of ether oxygens (including phenoxy) is 4. The SMILES string of the molecule is CCCCCCCCCCCOC(=O)CCCCCN1CC[C@H](O)C[C@H]1C(=O)OCCCCCCCC(=O)OC(CCCCCCCC)(CCCCCCCC)OC(CCCCCCCC)CCCCCCCC. The fourth-order valence-corrected chi connectivity index (χ4v) is 11.0. The van der Waals surface area contributed by atoms with Crippen molar-refractivity contribution in [3.05, 3.63) is 0 Å². The molecule has 1 saturated heterocycles. The maximum Gasteiger partial charge on any atom is 0.323 e. The lowest BCUT2D eigenvalue weighted by Crippen LogP contribution is -2.49. The first-order chi connectivity index (χ1) is 36.2. The van der Waals surface area contributed by atoms with Crippen LogP contribution in [-0.4, -0.2) is 78.3 Å². The zero-order valence-corrected chi connectivity index (χ0v) is 50.0. The van der Waals surface area contributed by atoms with Crippen LogP contribution in [0.4, 0.5) is 0 Å². The third-order valence-electron chi connectivity index (χ3n) is 15.8. The predicted molar refractivity (Wildman–Crippen MR) is 312 cm³/mol. The molecule has 1 rings (SSSR count). The Bertz CT molecular complexity index is 1210. The Morgan fingerprint density at radius 2 is 0.838 bits per heavy atom. The minimum absolute atomic E-state index is 0.101. The number of carbonyl (C=O) groups excluding carboxylic acids is 3. The number of aliphatic hydroxyl groups excluding tert-OH is 1. The fourth-order valence-electron chi connectivity index (χ4n) is 11.0. The van der Waals surface area contributed by atoms with Gasteiger partial charge in [-0.1, -0.05) is 253 Å². The Hall–Kier alpha value is -1.71. The summed E-state index contributed by atoms with van der Waals surface area (Å²) < 4.78 is 25.3. The van der Waals surface area contributed by atoms with E-state index in [1.807, 2.05) is 0 Å². The Morgan fingerprint density at radius 1 is 0.459 bits per heavy atom. The number of rotatable bonds is 56. The third-order valence-corrected chi connectivity index (χ3v) is 15.8. The van der Waals surface area contributed by atoms with Crippen LogP contribution >= 0.6 is 0 Å². The average molecular weight is 1050 g/mol. The van der Waals surface area contributed by atoms with E-state index in [1.54, 1.807) is 0 Å². The summed E-state index contributed by atoms with van der Waals surface area (Å²) >= 11 is 0. The summed E-state index contributed by atoms with van der Waals surface area (Å²) in [5.74, 6) is -1.28. The molecule has 1 heterocycles. The van der Waals surface area contributed by atoms with Gasteiger partial charge in [0.25, 0.3) is 0 Å². The van der Waals surface area contributed by atoms with Crippen molar-refractivity contribution < 1.29 is 38.4 Å². The number of carbonyl (C=O) groups is 3. The van der Waals surface area contributed by atoms with E-state index < -0.39 is 17.9 Å². The molecule has 0 radical (unpaired) electrons. The molecule has 0 unspecified atom stereocenters. The highest BCUT2D eigenvalue weighted by atomic mass is 16.7. The molecular formula is C65H125NO8. The number of unbranched alkanes of at least 4 members (excludes halogenated alkanes) is 34. The van der Waals surface area contributed by atoms with E-state index in [4.69, 9.17) is 18.9 Å². The lowest BCUT2D eigenvalue weighted by atomic mass is 9.97. The summed E-state index contributed by atoms with van der Waals surface area (Å²) in [6.45, 7) is 13.7. The molecule has 1 N–H and O–H groups in total.